The number of carbonyl (C=O) groups excluding carboxylic acids is 1. The van der Waals surface area contributed by atoms with Crippen LogP contribution in [0, 0.1) is 11.8 Å². The highest BCUT2D eigenvalue weighted by molar-refractivity contribution is 5.89. The molecular weight excluding hydrogens is 300 g/mol. The molecule has 1 saturated carbocycles. The van der Waals surface area contributed by atoms with Gasteiger partial charge in [-0.3, -0.25) is 0 Å². The Hall–Kier alpha value is -1.51. The first-order chi connectivity index (χ1) is 11.7. The molecule has 1 fully saturated rings. The Balaban J connectivity index is 1.70. The fraction of sp³-hybridized carbons (Fsp3) is 0.667. The second kappa shape index (κ2) is 10.4. The maximum absolute atomic E-state index is 11.8. The summed E-state index contributed by atoms with van der Waals surface area (Å²) in [5, 5.41) is 0. The van der Waals surface area contributed by atoms with Crippen molar-refractivity contribution in [3.8, 4) is 5.75 Å². The van der Waals surface area contributed by atoms with Crippen molar-refractivity contribution in [1.29, 1.82) is 0 Å². The minimum atomic E-state index is -0.249. The average molecular weight is 332 g/mol. The SMILES string of the molecule is CCCCOC(=O)c1ccc(OCCC(C)C2CCCCC2)cc1. The molecule has 2 rings (SSSR count). The normalized spacial score (nSPS) is 16.6. The van der Waals surface area contributed by atoms with Crippen molar-refractivity contribution in [3.05, 3.63) is 29.8 Å². The van der Waals surface area contributed by atoms with E-state index in [9.17, 15) is 4.79 Å². The Morgan fingerprint density at radius 2 is 1.83 bits per heavy atom. The molecule has 0 amide bonds. The minimum Gasteiger partial charge on any atom is -0.494 e. The van der Waals surface area contributed by atoms with Crippen LogP contribution < -0.4 is 4.74 Å². The van der Waals surface area contributed by atoms with Gasteiger partial charge in [-0.2, -0.15) is 0 Å². The number of carbonyl (C=O) groups is 1. The Morgan fingerprint density at radius 3 is 2.50 bits per heavy atom. The van der Waals surface area contributed by atoms with E-state index in [1.54, 1.807) is 12.1 Å². The smallest absolute Gasteiger partial charge is 0.338 e. The summed E-state index contributed by atoms with van der Waals surface area (Å²) in [6, 6.07) is 7.30. The van der Waals surface area contributed by atoms with Gasteiger partial charge >= 0.3 is 5.97 Å². The van der Waals surface area contributed by atoms with Crippen LogP contribution in [0.3, 0.4) is 0 Å². The number of hydrogen-bond donors (Lipinski definition) is 0. The largest absolute Gasteiger partial charge is 0.494 e. The summed E-state index contributed by atoms with van der Waals surface area (Å²) >= 11 is 0. The summed E-state index contributed by atoms with van der Waals surface area (Å²) in [5.41, 5.74) is 0.592. The topological polar surface area (TPSA) is 35.5 Å². The molecule has 1 aromatic rings. The van der Waals surface area contributed by atoms with E-state index in [2.05, 4.69) is 13.8 Å². The lowest BCUT2D eigenvalue weighted by atomic mass is 9.80. The van der Waals surface area contributed by atoms with Crippen molar-refractivity contribution in [3.63, 3.8) is 0 Å². The van der Waals surface area contributed by atoms with Crippen LogP contribution in [0.25, 0.3) is 0 Å². The molecule has 0 N–H and O–H groups in total. The molecule has 24 heavy (non-hydrogen) atoms. The van der Waals surface area contributed by atoms with Gasteiger partial charge in [-0.1, -0.05) is 52.4 Å². The summed E-state index contributed by atoms with van der Waals surface area (Å²) in [6.07, 6.45) is 10.0. The van der Waals surface area contributed by atoms with Gasteiger partial charge in [0.05, 0.1) is 18.8 Å². The van der Waals surface area contributed by atoms with Crippen LogP contribution in [0.5, 0.6) is 5.75 Å². The van der Waals surface area contributed by atoms with Crippen LogP contribution in [-0.2, 0) is 4.74 Å². The molecule has 0 saturated heterocycles. The highest BCUT2D eigenvalue weighted by atomic mass is 16.5. The Labute approximate surface area is 146 Å². The molecule has 0 aromatic heterocycles. The summed E-state index contributed by atoms with van der Waals surface area (Å²) in [7, 11) is 0. The molecule has 3 nitrogen and oxygen atoms in total. The average Bonchev–Trinajstić information content (AvgIpc) is 2.63. The van der Waals surface area contributed by atoms with Crippen molar-refractivity contribution in [1.82, 2.24) is 0 Å². The van der Waals surface area contributed by atoms with E-state index in [-0.39, 0.29) is 5.97 Å². The highest BCUT2D eigenvalue weighted by Crippen LogP contribution is 2.31. The number of rotatable bonds is 9. The molecule has 0 heterocycles. The first-order valence-electron chi connectivity index (χ1n) is 9.60. The van der Waals surface area contributed by atoms with Crippen LogP contribution in [0.4, 0.5) is 0 Å². The molecule has 3 heteroatoms. The molecule has 1 aromatic carbocycles. The molecule has 0 radical (unpaired) electrons. The molecule has 0 spiro atoms. The number of unbranched alkanes of at least 4 members (excludes halogenated alkanes) is 1. The summed E-state index contributed by atoms with van der Waals surface area (Å²) < 4.78 is 11.1. The first kappa shape index (κ1) is 18.8. The predicted octanol–water partition coefficient (Wildman–Crippen LogP) is 5.63. The minimum absolute atomic E-state index is 0.249. The van der Waals surface area contributed by atoms with Crippen molar-refractivity contribution < 1.29 is 14.3 Å². The Kier molecular flexibility index (Phi) is 8.14. The van der Waals surface area contributed by atoms with E-state index in [1.807, 2.05) is 12.1 Å². The van der Waals surface area contributed by atoms with Crippen LogP contribution in [0.15, 0.2) is 24.3 Å². The lowest BCUT2D eigenvalue weighted by molar-refractivity contribution is 0.0499. The van der Waals surface area contributed by atoms with Crippen molar-refractivity contribution in [2.45, 2.75) is 65.2 Å². The van der Waals surface area contributed by atoms with E-state index in [4.69, 9.17) is 9.47 Å². The Bertz CT molecular complexity index is 474. The third kappa shape index (κ3) is 6.18. The third-order valence-corrected chi connectivity index (χ3v) is 5.12. The monoisotopic (exact) mass is 332 g/mol. The van der Waals surface area contributed by atoms with E-state index >= 15 is 0 Å². The lowest BCUT2D eigenvalue weighted by Crippen LogP contribution is -2.17. The second-order valence-electron chi connectivity index (χ2n) is 7.03. The number of hydrogen-bond acceptors (Lipinski definition) is 3. The Morgan fingerprint density at radius 1 is 1.12 bits per heavy atom. The number of benzene rings is 1. The summed E-state index contributed by atoms with van der Waals surface area (Å²) in [5.74, 6) is 2.19. The van der Waals surface area contributed by atoms with Gasteiger partial charge in [0.15, 0.2) is 0 Å². The third-order valence-electron chi connectivity index (χ3n) is 5.12. The fourth-order valence-corrected chi connectivity index (χ4v) is 3.38. The zero-order chi connectivity index (χ0) is 17.2. The molecular formula is C21H32O3. The second-order valence-corrected chi connectivity index (χ2v) is 7.03. The quantitative estimate of drug-likeness (QED) is 0.434. The molecule has 1 unspecified atom stereocenters. The number of esters is 1. The van der Waals surface area contributed by atoms with Gasteiger partial charge in [0, 0.05) is 0 Å². The van der Waals surface area contributed by atoms with E-state index in [1.165, 1.54) is 32.1 Å². The predicted molar refractivity (Wildman–Crippen MR) is 97.5 cm³/mol. The van der Waals surface area contributed by atoms with Gasteiger partial charge in [0.1, 0.15) is 5.75 Å². The van der Waals surface area contributed by atoms with Crippen LogP contribution in [0.2, 0.25) is 0 Å². The van der Waals surface area contributed by atoms with Crippen molar-refractivity contribution in [2.75, 3.05) is 13.2 Å². The van der Waals surface area contributed by atoms with E-state index in [0.29, 0.717) is 12.2 Å². The zero-order valence-corrected chi connectivity index (χ0v) is 15.3. The number of ether oxygens (including phenoxy) is 2. The van der Waals surface area contributed by atoms with Gasteiger partial charge < -0.3 is 9.47 Å². The molecule has 0 aliphatic heterocycles. The molecule has 134 valence electrons. The summed E-state index contributed by atoms with van der Waals surface area (Å²) in [4.78, 5) is 11.8. The summed E-state index contributed by atoms with van der Waals surface area (Å²) in [6.45, 7) is 5.68. The standard InChI is InChI=1S/C21H32O3/c1-3-4-15-24-21(22)19-10-12-20(13-11-19)23-16-14-17(2)18-8-6-5-7-9-18/h10-13,17-18H,3-9,14-16H2,1-2H3. The van der Waals surface area contributed by atoms with Crippen LogP contribution >= 0.6 is 0 Å². The van der Waals surface area contributed by atoms with Gasteiger partial charge in [-0.25, -0.2) is 4.79 Å². The molecule has 0 bridgehead atoms. The van der Waals surface area contributed by atoms with Crippen molar-refractivity contribution in [2.24, 2.45) is 11.8 Å². The van der Waals surface area contributed by atoms with E-state index in [0.717, 1.165) is 43.5 Å². The lowest BCUT2D eigenvalue weighted by Gasteiger charge is -2.27. The van der Waals surface area contributed by atoms with Crippen LogP contribution in [0.1, 0.15) is 75.6 Å². The molecule has 1 aliphatic carbocycles. The molecule has 1 aliphatic rings. The first-order valence-corrected chi connectivity index (χ1v) is 9.60. The highest BCUT2D eigenvalue weighted by Gasteiger charge is 2.19. The van der Waals surface area contributed by atoms with Crippen molar-refractivity contribution >= 4 is 5.97 Å². The van der Waals surface area contributed by atoms with Crippen LogP contribution in [-0.4, -0.2) is 19.2 Å². The molecule has 1 atom stereocenters. The maximum Gasteiger partial charge on any atom is 0.338 e. The van der Waals surface area contributed by atoms with Gasteiger partial charge in [0.25, 0.3) is 0 Å². The van der Waals surface area contributed by atoms with Gasteiger partial charge in [-0.15, -0.1) is 0 Å². The van der Waals surface area contributed by atoms with E-state index < -0.39 is 0 Å². The maximum atomic E-state index is 11.8. The fourth-order valence-electron chi connectivity index (χ4n) is 3.38. The zero-order valence-electron chi connectivity index (χ0n) is 15.3. The van der Waals surface area contributed by atoms with Gasteiger partial charge in [0.2, 0.25) is 0 Å². The van der Waals surface area contributed by atoms with Gasteiger partial charge in [-0.05, 0) is 48.9 Å².